The summed E-state index contributed by atoms with van der Waals surface area (Å²) in [5.41, 5.74) is 1.67. The molecule has 1 aromatic carbocycles. The summed E-state index contributed by atoms with van der Waals surface area (Å²) < 4.78 is 13.0. The molecule has 3 rings (SSSR count). The second kappa shape index (κ2) is 4.31. The Morgan fingerprint density at radius 3 is 2.94 bits per heavy atom. The predicted octanol–water partition coefficient (Wildman–Crippen LogP) is 4.10. The Balaban J connectivity index is 1.92. The Kier molecular flexibility index (Phi) is 2.64. The van der Waals surface area contributed by atoms with E-state index in [2.05, 4.69) is 15.3 Å². The molecule has 0 amide bonds. The third kappa shape index (κ3) is 2.02. The van der Waals surface area contributed by atoms with E-state index in [1.54, 1.807) is 12.3 Å². The van der Waals surface area contributed by atoms with Gasteiger partial charge in [-0.15, -0.1) is 0 Å². The third-order valence-electron chi connectivity index (χ3n) is 2.63. The Labute approximate surface area is 108 Å². The third-order valence-corrected chi connectivity index (χ3v) is 2.92. The molecular formula is C13H9ClFN3. The van der Waals surface area contributed by atoms with Crippen molar-refractivity contribution in [3.8, 4) is 0 Å². The van der Waals surface area contributed by atoms with Gasteiger partial charge < -0.3 is 10.3 Å². The number of anilines is 2. The Bertz CT molecular complexity index is 708. The molecule has 0 bridgehead atoms. The fraction of sp³-hybridized carbons (Fsp3) is 0. The van der Waals surface area contributed by atoms with Crippen LogP contribution in [0.3, 0.4) is 0 Å². The van der Waals surface area contributed by atoms with Crippen LogP contribution < -0.4 is 5.32 Å². The molecule has 18 heavy (non-hydrogen) atoms. The number of hydrogen-bond acceptors (Lipinski definition) is 2. The van der Waals surface area contributed by atoms with E-state index in [1.807, 2.05) is 18.3 Å². The number of hydrogen-bond donors (Lipinski definition) is 2. The van der Waals surface area contributed by atoms with Crippen LogP contribution in [0, 0.1) is 5.82 Å². The Morgan fingerprint density at radius 2 is 2.11 bits per heavy atom. The zero-order valence-electron chi connectivity index (χ0n) is 9.24. The van der Waals surface area contributed by atoms with E-state index >= 15 is 0 Å². The second-order valence-corrected chi connectivity index (χ2v) is 4.30. The zero-order chi connectivity index (χ0) is 12.5. The van der Waals surface area contributed by atoms with Crippen LogP contribution in [0.5, 0.6) is 0 Å². The molecule has 0 spiro atoms. The first-order chi connectivity index (χ1) is 8.72. The minimum absolute atomic E-state index is 0.0859. The van der Waals surface area contributed by atoms with Gasteiger partial charge in [-0.05, 0) is 30.3 Å². The van der Waals surface area contributed by atoms with Crippen molar-refractivity contribution in [2.24, 2.45) is 0 Å². The molecule has 0 atom stereocenters. The smallest absolute Gasteiger partial charge is 0.141 e. The number of H-pyrrole nitrogens is 1. The molecule has 0 saturated heterocycles. The molecule has 3 aromatic rings. The van der Waals surface area contributed by atoms with Crippen LogP contribution in [0.1, 0.15) is 0 Å². The number of nitrogens with zero attached hydrogens (tertiary/aromatic N) is 1. The minimum atomic E-state index is -0.434. The van der Waals surface area contributed by atoms with Gasteiger partial charge in [0.2, 0.25) is 0 Å². The van der Waals surface area contributed by atoms with Gasteiger partial charge in [-0.2, -0.15) is 0 Å². The summed E-state index contributed by atoms with van der Waals surface area (Å²) in [5.74, 6) is 0.251. The number of rotatable bonds is 2. The first kappa shape index (κ1) is 11.0. The average Bonchev–Trinajstić information content (AvgIpc) is 2.81. The monoisotopic (exact) mass is 261 g/mol. The molecule has 0 fully saturated rings. The number of aromatic amines is 1. The first-order valence-electron chi connectivity index (χ1n) is 5.37. The van der Waals surface area contributed by atoms with E-state index in [1.165, 1.54) is 12.1 Å². The van der Waals surface area contributed by atoms with Gasteiger partial charge in [0.25, 0.3) is 0 Å². The summed E-state index contributed by atoms with van der Waals surface area (Å²) in [5, 5.41) is 4.22. The van der Waals surface area contributed by atoms with Crippen molar-refractivity contribution in [1.82, 2.24) is 9.97 Å². The summed E-state index contributed by atoms with van der Waals surface area (Å²) in [6.45, 7) is 0. The van der Waals surface area contributed by atoms with Gasteiger partial charge in [0.05, 0.1) is 16.7 Å². The first-order valence-corrected chi connectivity index (χ1v) is 5.75. The quantitative estimate of drug-likeness (QED) is 0.729. The largest absolute Gasteiger partial charge is 0.360 e. The molecule has 5 heteroatoms. The van der Waals surface area contributed by atoms with Gasteiger partial charge in [0.15, 0.2) is 0 Å². The van der Waals surface area contributed by atoms with Crippen molar-refractivity contribution in [3.63, 3.8) is 0 Å². The number of fused-ring (bicyclic) bond motifs is 1. The lowest BCUT2D eigenvalue weighted by molar-refractivity contribution is 0.628. The molecule has 3 nitrogen and oxygen atoms in total. The summed E-state index contributed by atoms with van der Waals surface area (Å²) in [4.78, 5) is 7.31. The highest BCUT2D eigenvalue weighted by Gasteiger charge is 2.03. The van der Waals surface area contributed by atoms with E-state index in [0.717, 1.165) is 10.9 Å². The maximum Gasteiger partial charge on any atom is 0.141 e. The fourth-order valence-electron chi connectivity index (χ4n) is 1.74. The molecule has 0 radical (unpaired) electrons. The van der Waals surface area contributed by atoms with Crippen LogP contribution >= 0.6 is 11.6 Å². The van der Waals surface area contributed by atoms with Gasteiger partial charge in [0.1, 0.15) is 11.6 Å². The number of halogens is 2. The zero-order valence-corrected chi connectivity index (χ0v) is 10.0. The fourth-order valence-corrected chi connectivity index (χ4v) is 1.92. The standard InChI is InChI=1S/C13H9ClFN3/c14-10-6-9(1-2-11(10)15)18-13-5-8-3-4-16-12(8)7-17-13/h1-7,16H,(H,17,18). The molecule has 2 heterocycles. The van der Waals surface area contributed by atoms with Crippen LogP contribution in [0.2, 0.25) is 5.02 Å². The SMILES string of the molecule is Fc1ccc(Nc2cc3cc[nH]c3cn2)cc1Cl. The van der Waals surface area contributed by atoms with Crippen molar-refractivity contribution in [3.05, 3.63) is 53.6 Å². The van der Waals surface area contributed by atoms with E-state index in [0.29, 0.717) is 11.5 Å². The lowest BCUT2D eigenvalue weighted by Crippen LogP contribution is -1.93. The number of benzene rings is 1. The van der Waals surface area contributed by atoms with Crippen molar-refractivity contribution < 1.29 is 4.39 Å². The summed E-state index contributed by atoms with van der Waals surface area (Å²) in [7, 11) is 0. The van der Waals surface area contributed by atoms with Gasteiger partial charge in [-0.25, -0.2) is 9.37 Å². The van der Waals surface area contributed by atoms with Crippen LogP contribution in [-0.2, 0) is 0 Å². The summed E-state index contributed by atoms with van der Waals surface area (Å²) >= 11 is 5.72. The second-order valence-electron chi connectivity index (χ2n) is 3.89. The highest BCUT2D eigenvalue weighted by Crippen LogP contribution is 2.23. The highest BCUT2D eigenvalue weighted by atomic mass is 35.5. The van der Waals surface area contributed by atoms with E-state index in [-0.39, 0.29) is 5.02 Å². The summed E-state index contributed by atoms with van der Waals surface area (Å²) in [6, 6.07) is 8.33. The van der Waals surface area contributed by atoms with Crippen molar-refractivity contribution >= 4 is 34.0 Å². The van der Waals surface area contributed by atoms with E-state index in [9.17, 15) is 4.39 Å². The number of aromatic nitrogens is 2. The minimum Gasteiger partial charge on any atom is -0.360 e. The molecule has 90 valence electrons. The number of pyridine rings is 1. The number of nitrogens with one attached hydrogen (secondary N) is 2. The lowest BCUT2D eigenvalue weighted by Gasteiger charge is -2.06. The van der Waals surface area contributed by atoms with Crippen LogP contribution in [0.25, 0.3) is 10.9 Å². The molecule has 0 aliphatic heterocycles. The van der Waals surface area contributed by atoms with Crippen LogP contribution in [0.4, 0.5) is 15.9 Å². The summed E-state index contributed by atoms with van der Waals surface area (Å²) in [6.07, 6.45) is 3.59. The Morgan fingerprint density at radius 1 is 1.22 bits per heavy atom. The molecule has 0 aliphatic carbocycles. The predicted molar refractivity (Wildman–Crippen MR) is 70.8 cm³/mol. The van der Waals surface area contributed by atoms with E-state index in [4.69, 9.17) is 11.6 Å². The van der Waals surface area contributed by atoms with Crippen molar-refractivity contribution in [1.29, 1.82) is 0 Å². The van der Waals surface area contributed by atoms with Crippen molar-refractivity contribution in [2.75, 3.05) is 5.32 Å². The molecule has 0 unspecified atom stereocenters. The molecular weight excluding hydrogens is 253 g/mol. The van der Waals surface area contributed by atoms with Gasteiger partial charge in [0, 0.05) is 17.3 Å². The topological polar surface area (TPSA) is 40.7 Å². The van der Waals surface area contributed by atoms with Gasteiger partial charge >= 0.3 is 0 Å². The molecule has 2 N–H and O–H groups in total. The maximum atomic E-state index is 13.0. The lowest BCUT2D eigenvalue weighted by atomic mass is 10.3. The molecule has 0 aliphatic rings. The Hall–Kier alpha value is -2.07. The normalized spacial score (nSPS) is 10.8. The van der Waals surface area contributed by atoms with Crippen LogP contribution in [-0.4, -0.2) is 9.97 Å². The van der Waals surface area contributed by atoms with Gasteiger partial charge in [-0.3, -0.25) is 0 Å². The maximum absolute atomic E-state index is 13.0. The van der Waals surface area contributed by atoms with Gasteiger partial charge in [-0.1, -0.05) is 11.6 Å². The molecule has 0 saturated carbocycles. The highest BCUT2D eigenvalue weighted by molar-refractivity contribution is 6.31. The molecule has 2 aromatic heterocycles. The van der Waals surface area contributed by atoms with Crippen molar-refractivity contribution in [2.45, 2.75) is 0 Å². The van der Waals surface area contributed by atoms with E-state index < -0.39 is 5.82 Å². The van der Waals surface area contributed by atoms with Crippen LogP contribution in [0.15, 0.2) is 42.7 Å². The average molecular weight is 262 g/mol.